The fraction of sp³-hybridized carbons (Fsp3) is 0.150. The van der Waals surface area contributed by atoms with Crippen molar-refractivity contribution in [3.05, 3.63) is 77.6 Å². The molecule has 0 saturated heterocycles. The number of anilines is 1. The Bertz CT molecular complexity index is 1020. The smallest absolute Gasteiger partial charge is 0.253 e. The number of aromatic nitrogens is 4. The van der Waals surface area contributed by atoms with Crippen molar-refractivity contribution < 1.29 is 0 Å². The van der Waals surface area contributed by atoms with Crippen LogP contribution in [0.1, 0.15) is 17.0 Å². The van der Waals surface area contributed by atoms with Crippen molar-refractivity contribution in [1.82, 2.24) is 19.7 Å². The summed E-state index contributed by atoms with van der Waals surface area (Å²) >= 11 is 0. The molecule has 2 aromatic heterocycles. The predicted molar refractivity (Wildman–Crippen MR) is 99.9 cm³/mol. The zero-order valence-corrected chi connectivity index (χ0v) is 14.3. The van der Waals surface area contributed by atoms with Crippen LogP contribution < -0.4 is 5.32 Å². The third-order valence-electron chi connectivity index (χ3n) is 4.09. The normalized spacial score (nSPS) is 11.0. The molecule has 4 rings (SSSR count). The van der Waals surface area contributed by atoms with Crippen molar-refractivity contribution in [3.63, 3.8) is 0 Å². The van der Waals surface area contributed by atoms with Gasteiger partial charge in [0.05, 0.1) is 11.2 Å². The lowest BCUT2D eigenvalue weighted by atomic mass is 10.2. The molecule has 0 aliphatic heterocycles. The molecular weight excluding hydrogens is 310 g/mol. The molecule has 25 heavy (non-hydrogen) atoms. The summed E-state index contributed by atoms with van der Waals surface area (Å²) in [5.41, 5.74) is 4.07. The fourth-order valence-corrected chi connectivity index (χ4v) is 2.91. The van der Waals surface area contributed by atoms with E-state index in [0.717, 1.165) is 28.1 Å². The summed E-state index contributed by atoms with van der Waals surface area (Å²) in [6, 6.07) is 20.3. The van der Waals surface area contributed by atoms with Gasteiger partial charge in [-0.05, 0) is 37.6 Å². The number of benzene rings is 2. The minimum absolute atomic E-state index is 0.583. The van der Waals surface area contributed by atoms with Gasteiger partial charge in [0.1, 0.15) is 5.82 Å². The van der Waals surface area contributed by atoms with Crippen molar-refractivity contribution in [2.45, 2.75) is 20.4 Å². The average Bonchev–Trinajstić information content (AvgIpc) is 2.98. The molecule has 0 fully saturated rings. The molecule has 0 unspecified atom stereocenters. The van der Waals surface area contributed by atoms with Gasteiger partial charge in [-0.2, -0.15) is 10.1 Å². The van der Waals surface area contributed by atoms with Crippen LogP contribution in [0.4, 0.5) is 5.82 Å². The molecule has 0 spiro atoms. The highest BCUT2D eigenvalue weighted by atomic mass is 15.4. The summed E-state index contributed by atoms with van der Waals surface area (Å²) in [4.78, 5) is 9.42. The number of aryl methyl sites for hydroxylation is 2. The van der Waals surface area contributed by atoms with E-state index in [1.54, 1.807) is 4.68 Å². The Morgan fingerprint density at radius 1 is 0.920 bits per heavy atom. The molecule has 0 saturated carbocycles. The lowest BCUT2D eigenvalue weighted by Gasteiger charge is -2.11. The maximum Gasteiger partial charge on any atom is 0.253 e. The summed E-state index contributed by atoms with van der Waals surface area (Å²) in [7, 11) is 0. The summed E-state index contributed by atoms with van der Waals surface area (Å²) in [6.07, 6.45) is 0. The number of hydrogen-bond donors (Lipinski definition) is 1. The summed E-state index contributed by atoms with van der Waals surface area (Å²) < 4.78 is 1.79. The third kappa shape index (κ3) is 3.08. The Balaban J connectivity index is 1.77. The standard InChI is InChI=1S/C20H19N5/c1-14-12-15(2)25(24-14)20-22-18-11-7-6-10-17(18)19(23-20)21-13-16-8-4-3-5-9-16/h3-12H,13H2,1-2H3,(H,21,22,23). The van der Waals surface area contributed by atoms with Gasteiger partial charge in [-0.25, -0.2) is 9.67 Å². The molecule has 0 radical (unpaired) electrons. The molecule has 0 bridgehead atoms. The highest BCUT2D eigenvalue weighted by molar-refractivity contribution is 5.89. The largest absolute Gasteiger partial charge is 0.365 e. The van der Waals surface area contributed by atoms with E-state index >= 15 is 0 Å². The van der Waals surface area contributed by atoms with Crippen LogP contribution in [-0.4, -0.2) is 19.7 Å². The molecule has 0 aliphatic carbocycles. The first-order valence-corrected chi connectivity index (χ1v) is 8.29. The van der Waals surface area contributed by atoms with E-state index < -0.39 is 0 Å². The van der Waals surface area contributed by atoms with E-state index in [2.05, 4.69) is 27.5 Å². The van der Waals surface area contributed by atoms with Crippen LogP contribution in [0.3, 0.4) is 0 Å². The zero-order valence-electron chi connectivity index (χ0n) is 14.3. The molecule has 2 heterocycles. The number of para-hydroxylation sites is 1. The van der Waals surface area contributed by atoms with Gasteiger partial charge < -0.3 is 5.32 Å². The van der Waals surface area contributed by atoms with E-state index in [1.807, 2.05) is 62.4 Å². The van der Waals surface area contributed by atoms with Gasteiger partial charge >= 0.3 is 0 Å². The topological polar surface area (TPSA) is 55.6 Å². The minimum atomic E-state index is 0.583. The average molecular weight is 329 g/mol. The summed E-state index contributed by atoms with van der Waals surface area (Å²) in [5, 5.41) is 8.96. The van der Waals surface area contributed by atoms with Crippen molar-refractivity contribution in [3.8, 4) is 5.95 Å². The molecule has 5 nitrogen and oxygen atoms in total. The van der Waals surface area contributed by atoms with Gasteiger partial charge in [-0.1, -0.05) is 42.5 Å². The van der Waals surface area contributed by atoms with Crippen molar-refractivity contribution >= 4 is 16.7 Å². The highest BCUT2D eigenvalue weighted by Crippen LogP contribution is 2.22. The van der Waals surface area contributed by atoms with Crippen molar-refractivity contribution in [2.24, 2.45) is 0 Å². The SMILES string of the molecule is Cc1cc(C)n(-c2nc(NCc3ccccc3)c3ccccc3n2)n1. The van der Waals surface area contributed by atoms with Crippen LogP contribution >= 0.6 is 0 Å². The Kier molecular flexibility index (Phi) is 3.90. The van der Waals surface area contributed by atoms with Crippen LogP contribution in [0.5, 0.6) is 0 Å². The third-order valence-corrected chi connectivity index (χ3v) is 4.09. The first-order chi connectivity index (χ1) is 12.2. The Hall–Kier alpha value is -3.21. The Morgan fingerprint density at radius 2 is 1.68 bits per heavy atom. The monoisotopic (exact) mass is 329 g/mol. The second-order valence-electron chi connectivity index (χ2n) is 6.07. The molecule has 2 aromatic carbocycles. The van der Waals surface area contributed by atoms with Crippen LogP contribution in [0, 0.1) is 13.8 Å². The van der Waals surface area contributed by atoms with Crippen LogP contribution in [0.2, 0.25) is 0 Å². The summed E-state index contributed by atoms with van der Waals surface area (Å²) in [5.74, 6) is 1.40. The van der Waals surface area contributed by atoms with E-state index in [-0.39, 0.29) is 0 Å². The molecule has 0 amide bonds. The predicted octanol–water partition coefficient (Wildman–Crippen LogP) is 4.04. The first kappa shape index (κ1) is 15.3. The molecular formula is C20H19N5. The number of nitrogens with zero attached hydrogens (tertiary/aromatic N) is 4. The van der Waals surface area contributed by atoms with Gasteiger partial charge in [0.25, 0.3) is 5.95 Å². The van der Waals surface area contributed by atoms with Gasteiger partial charge in [0, 0.05) is 17.6 Å². The maximum absolute atomic E-state index is 4.74. The Morgan fingerprint density at radius 3 is 2.44 bits per heavy atom. The molecule has 0 aliphatic rings. The quantitative estimate of drug-likeness (QED) is 0.614. The molecule has 124 valence electrons. The Labute approximate surface area is 146 Å². The van der Waals surface area contributed by atoms with Gasteiger partial charge in [0.2, 0.25) is 0 Å². The number of fused-ring (bicyclic) bond motifs is 1. The van der Waals surface area contributed by atoms with Gasteiger partial charge in [0.15, 0.2) is 0 Å². The van der Waals surface area contributed by atoms with E-state index in [4.69, 9.17) is 4.98 Å². The number of rotatable bonds is 4. The number of nitrogens with one attached hydrogen (secondary N) is 1. The van der Waals surface area contributed by atoms with Gasteiger partial charge in [-0.3, -0.25) is 0 Å². The molecule has 5 heteroatoms. The second kappa shape index (κ2) is 6.36. The second-order valence-corrected chi connectivity index (χ2v) is 6.07. The zero-order chi connectivity index (χ0) is 17.2. The molecule has 0 atom stereocenters. The van der Waals surface area contributed by atoms with Crippen molar-refractivity contribution in [2.75, 3.05) is 5.32 Å². The fourth-order valence-electron chi connectivity index (χ4n) is 2.91. The highest BCUT2D eigenvalue weighted by Gasteiger charge is 2.11. The molecule has 1 N–H and O–H groups in total. The van der Waals surface area contributed by atoms with Crippen LogP contribution in [0.15, 0.2) is 60.7 Å². The maximum atomic E-state index is 4.74. The number of hydrogen-bond acceptors (Lipinski definition) is 4. The van der Waals surface area contributed by atoms with Crippen LogP contribution in [0.25, 0.3) is 16.9 Å². The summed E-state index contributed by atoms with van der Waals surface area (Å²) in [6.45, 7) is 4.69. The minimum Gasteiger partial charge on any atom is -0.365 e. The van der Waals surface area contributed by atoms with E-state index in [0.29, 0.717) is 12.5 Å². The van der Waals surface area contributed by atoms with E-state index in [9.17, 15) is 0 Å². The van der Waals surface area contributed by atoms with Gasteiger partial charge in [-0.15, -0.1) is 0 Å². The lowest BCUT2D eigenvalue weighted by molar-refractivity contribution is 0.780. The van der Waals surface area contributed by atoms with Crippen molar-refractivity contribution in [1.29, 1.82) is 0 Å². The van der Waals surface area contributed by atoms with E-state index in [1.165, 1.54) is 5.56 Å². The van der Waals surface area contributed by atoms with Crippen LogP contribution in [-0.2, 0) is 6.54 Å². The molecule has 4 aromatic rings. The lowest BCUT2D eigenvalue weighted by Crippen LogP contribution is -2.09. The first-order valence-electron chi connectivity index (χ1n) is 8.29.